The lowest BCUT2D eigenvalue weighted by Gasteiger charge is -2.07. The summed E-state index contributed by atoms with van der Waals surface area (Å²) in [6.07, 6.45) is 1.59. The summed E-state index contributed by atoms with van der Waals surface area (Å²) in [5, 5.41) is 3.59. The first-order chi connectivity index (χ1) is 13.2. The molecule has 0 fully saturated rings. The molecule has 0 saturated carbocycles. The molecule has 2 aromatic heterocycles. The first-order valence-electron chi connectivity index (χ1n) is 8.46. The molecule has 1 N–H and O–H groups in total. The Kier molecular flexibility index (Phi) is 4.33. The van der Waals surface area contributed by atoms with Gasteiger partial charge in [-0.1, -0.05) is 12.1 Å². The van der Waals surface area contributed by atoms with E-state index in [1.54, 1.807) is 37.4 Å². The fourth-order valence-electron chi connectivity index (χ4n) is 2.89. The van der Waals surface area contributed by atoms with Crippen molar-refractivity contribution in [3.8, 4) is 5.75 Å². The molecule has 1 amide bonds. The van der Waals surface area contributed by atoms with Crippen molar-refractivity contribution in [2.75, 3.05) is 12.4 Å². The van der Waals surface area contributed by atoms with E-state index in [0.29, 0.717) is 22.5 Å². The molecule has 0 aliphatic rings. The molecule has 7 heteroatoms. The Labute approximate surface area is 154 Å². The second-order valence-corrected chi connectivity index (χ2v) is 6.05. The molecule has 7 nitrogen and oxygen atoms in total. The third-order valence-corrected chi connectivity index (χ3v) is 4.30. The zero-order valence-corrected chi connectivity index (χ0v) is 14.6. The molecule has 0 aliphatic heterocycles. The van der Waals surface area contributed by atoms with E-state index in [1.807, 2.05) is 18.2 Å². The van der Waals surface area contributed by atoms with Crippen LogP contribution in [0, 0.1) is 0 Å². The summed E-state index contributed by atoms with van der Waals surface area (Å²) in [6.45, 7) is 0.209. The number of fused-ring (bicyclic) bond motifs is 3. The number of carbonyl (C=O) groups is 1. The van der Waals surface area contributed by atoms with Crippen LogP contribution in [0.1, 0.15) is 6.42 Å². The Morgan fingerprint density at radius 3 is 2.74 bits per heavy atom. The van der Waals surface area contributed by atoms with Gasteiger partial charge in [0.2, 0.25) is 11.5 Å². The molecule has 0 bridgehead atoms. The molecule has 0 atom stereocenters. The topological polar surface area (TPSA) is 86.4 Å². The van der Waals surface area contributed by atoms with Crippen LogP contribution in [0.3, 0.4) is 0 Å². The first kappa shape index (κ1) is 16.8. The molecule has 0 radical (unpaired) electrons. The van der Waals surface area contributed by atoms with Gasteiger partial charge in [-0.2, -0.15) is 0 Å². The lowest BCUT2D eigenvalue weighted by Crippen LogP contribution is -2.23. The Hall–Kier alpha value is -3.61. The number of furan rings is 1. The maximum Gasteiger partial charge on any atom is 0.297 e. The summed E-state index contributed by atoms with van der Waals surface area (Å²) in [6, 6.07) is 14.4. The van der Waals surface area contributed by atoms with Crippen LogP contribution in [0.5, 0.6) is 5.75 Å². The lowest BCUT2D eigenvalue weighted by atomic mass is 10.2. The highest BCUT2D eigenvalue weighted by molar-refractivity contribution is 6.01. The third kappa shape index (κ3) is 3.27. The highest BCUT2D eigenvalue weighted by Gasteiger charge is 2.13. The number of aryl methyl sites for hydroxylation is 1. The fourth-order valence-corrected chi connectivity index (χ4v) is 2.89. The van der Waals surface area contributed by atoms with Gasteiger partial charge in [-0.05, 0) is 36.4 Å². The summed E-state index contributed by atoms with van der Waals surface area (Å²) >= 11 is 0. The smallest absolute Gasteiger partial charge is 0.297 e. The number of ether oxygens (including phenoxy) is 1. The lowest BCUT2D eigenvalue weighted by molar-refractivity contribution is -0.116. The quantitative estimate of drug-likeness (QED) is 0.588. The molecule has 2 heterocycles. The number of benzene rings is 2. The van der Waals surface area contributed by atoms with Crippen molar-refractivity contribution < 1.29 is 13.9 Å². The number of aromatic nitrogens is 2. The average molecular weight is 363 g/mol. The number of methoxy groups -OCH3 is 1. The number of nitrogens with zero attached hydrogens (tertiary/aromatic N) is 2. The van der Waals surface area contributed by atoms with E-state index in [4.69, 9.17) is 9.15 Å². The predicted octanol–water partition coefficient (Wildman–Crippen LogP) is 3.18. The number of rotatable bonds is 5. The van der Waals surface area contributed by atoms with Gasteiger partial charge in [-0.15, -0.1) is 0 Å². The molecule has 0 spiro atoms. The van der Waals surface area contributed by atoms with Gasteiger partial charge in [0.15, 0.2) is 0 Å². The molecular formula is C20H17N3O4. The van der Waals surface area contributed by atoms with Crippen LogP contribution in [0.4, 0.5) is 5.69 Å². The maximum absolute atomic E-state index is 12.6. The summed E-state index contributed by atoms with van der Waals surface area (Å²) in [7, 11) is 1.58. The number of nitrogens with one attached hydrogen (secondary N) is 1. The Morgan fingerprint density at radius 1 is 1.19 bits per heavy atom. The molecule has 0 unspecified atom stereocenters. The van der Waals surface area contributed by atoms with Gasteiger partial charge < -0.3 is 14.5 Å². The number of hydrogen-bond donors (Lipinski definition) is 1. The molecule has 27 heavy (non-hydrogen) atoms. The zero-order chi connectivity index (χ0) is 18.8. The minimum Gasteiger partial charge on any atom is -0.497 e. The van der Waals surface area contributed by atoms with Gasteiger partial charge in [0, 0.05) is 24.0 Å². The van der Waals surface area contributed by atoms with E-state index in [-0.39, 0.29) is 30.0 Å². The van der Waals surface area contributed by atoms with Crippen LogP contribution in [0.25, 0.3) is 22.1 Å². The minimum atomic E-state index is -0.298. The summed E-state index contributed by atoms with van der Waals surface area (Å²) in [5.74, 6) is 0.515. The van der Waals surface area contributed by atoms with E-state index >= 15 is 0 Å². The number of anilines is 1. The summed E-state index contributed by atoms with van der Waals surface area (Å²) < 4.78 is 12.1. The van der Waals surface area contributed by atoms with E-state index < -0.39 is 0 Å². The van der Waals surface area contributed by atoms with Crippen LogP contribution < -0.4 is 15.6 Å². The number of carbonyl (C=O) groups excluding carboxylic acids is 1. The molecule has 2 aromatic carbocycles. The monoisotopic (exact) mass is 363 g/mol. The van der Waals surface area contributed by atoms with Gasteiger partial charge in [0.25, 0.3) is 5.56 Å². The number of hydrogen-bond acceptors (Lipinski definition) is 5. The second-order valence-electron chi connectivity index (χ2n) is 6.05. The summed E-state index contributed by atoms with van der Waals surface area (Å²) in [5.41, 5.74) is 1.73. The van der Waals surface area contributed by atoms with Crippen molar-refractivity contribution >= 4 is 33.7 Å². The zero-order valence-electron chi connectivity index (χ0n) is 14.6. The average Bonchev–Trinajstić information content (AvgIpc) is 3.08. The van der Waals surface area contributed by atoms with Crippen LogP contribution in [-0.4, -0.2) is 22.6 Å². The van der Waals surface area contributed by atoms with Crippen molar-refractivity contribution in [1.82, 2.24) is 9.55 Å². The van der Waals surface area contributed by atoms with E-state index in [2.05, 4.69) is 10.3 Å². The number of amides is 1. The van der Waals surface area contributed by atoms with Gasteiger partial charge in [-0.3, -0.25) is 14.2 Å². The highest BCUT2D eigenvalue weighted by Crippen LogP contribution is 2.24. The van der Waals surface area contributed by atoms with Gasteiger partial charge in [-0.25, -0.2) is 4.98 Å². The molecule has 0 saturated heterocycles. The molecule has 4 aromatic rings. The van der Waals surface area contributed by atoms with E-state index in [9.17, 15) is 9.59 Å². The van der Waals surface area contributed by atoms with Crippen LogP contribution >= 0.6 is 0 Å². The van der Waals surface area contributed by atoms with Crippen molar-refractivity contribution in [2.24, 2.45) is 0 Å². The van der Waals surface area contributed by atoms with Crippen LogP contribution in [0.15, 0.2) is 64.1 Å². The van der Waals surface area contributed by atoms with Crippen LogP contribution in [0.2, 0.25) is 0 Å². The van der Waals surface area contributed by atoms with Crippen molar-refractivity contribution in [1.29, 1.82) is 0 Å². The molecule has 136 valence electrons. The summed E-state index contributed by atoms with van der Waals surface area (Å²) in [4.78, 5) is 29.1. The number of para-hydroxylation sites is 1. The molecular weight excluding hydrogens is 346 g/mol. The van der Waals surface area contributed by atoms with Crippen LogP contribution in [-0.2, 0) is 11.3 Å². The SMILES string of the molecule is COc1ccc(NC(=O)CCn2cnc3c(oc4ccccc43)c2=O)cc1. The highest BCUT2D eigenvalue weighted by atomic mass is 16.5. The van der Waals surface area contributed by atoms with E-state index in [0.717, 1.165) is 5.39 Å². The molecule has 4 rings (SSSR count). The second kappa shape index (κ2) is 6.95. The largest absolute Gasteiger partial charge is 0.497 e. The van der Waals surface area contributed by atoms with Crippen molar-refractivity contribution in [3.63, 3.8) is 0 Å². The standard InChI is InChI=1S/C20H17N3O4/c1-26-14-8-6-13(7-9-14)22-17(24)10-11-23-12-21-18-15-4-2-3-5-16(15)27-19(18)20(23)25/h2-9,12H,10-11H2,1H3,(H,22,24). The normalized spacial score (nSPS) is 11.0. The van der Waals surface area contributed by atoms with Gasteiger partial charge in [0.05, 0.1) is 13.4 Å². The van der Waals surface area contributed by atoms with Gasteiger partial charge >= 0.3 is 0 Å². The Balaban J connectivity index is 1.49. The molecule has 0 aliphatic carbocycles. The van der Waals surface area contributed by atoms with E-state index in [1.165, 1.54) is 10.9 Å². The predicted molar refractivity (Wildman–Crippen MR) is 102 cm³/mol. The Morgan fingerprint density at radius 2 is 1.96 bits per heavy atom. The van der Waals surface area contributed by atoms with Gasteiger partial charge in [0.1, 0.15) is 16.8 Å². The van der Waals surface area contributed by atoms with Crippen molar-refractivity contribution in [3.05, 3.63) is 65.2 Å². The Bertz CT molecular complexity index is 1180. The minimum absolute atomic E-state index is 0.138. The first-order valence-corrected chi connectivity index (χ1v) is 8.46. The fraction of sp³-hybridized carbons (Fsp3) is 0.150. The maximum atomic E-state index is 12.6. The van der Waals surface area contributed by atoms with Crippen molar-refractivity contribution in [2.45, 2.75) is 13.0 Å². The third-order valence-electron chi connectivity index (χ3n) is 4.30.